The van der Waals surface area contributed by atoms with Gasteiger partial charge in [0, 0.05) is 0 Å². The van der Waals surface area contributed by atoms with E-state index in [-0.39, 0.29) is 23.4 Å². The Hall–Kier alpha value is -1.58. The number of ether oxygens (including phenoxy) is 1. The number of methoxy groups -OCH3 is 1. The van der Waals surface area contributed by atoms with Gasteiger partial charge in [0.15, 0.2) is 11.6 Å². The highest BCUT2D eigenvalue weighted by atomic mass is 19.1. The van der Waals surface area contributed by atoms with Crippen LogP contribution >= 0.6 is 0 Å². The molecule has 0 heterocycles. The fourth-order valence-corrected chi connectivity index (χ4v) is 3.09. The highest BCUT2D eigenvalue weighted by Crippen LogP contribution is 2.32. The molecule has 4 heteroatoms. The van der Waals surface area contributed by atoms with Crippen LogP contribution in [0.15, 0.2) is 18.2 Å². The number of carboxylic acids is 1. The summed E-state index contributed by atoms with van der Waals surface area (Å²) in [7, 11) is 1.43. The van der Waals surface area contributed by atoms with Crippen LogP contribution in [0, 0.1) is 17.7 Å². The maximum absolute atomic E-state index is 13.7. The highest BCUT2D eigenvalue weighted by molar-refractivity contribution is 5.70. The summed E-state index contributed by atoms with van der Waals surface area (Å²) >= 11 is 0. The van der Waals surface area contributed by atoms with Gasteiger partial charge < -0.3 is 9.84 Å². The van der Waals surface area contributed by atoms with Gasteiger partial charge in [-0.1, -0.05) is 25.3 Å². The van der Waals surface area contributed by atoms with Gasteiger partial charge in [0.2, 0.25) is 0 Å². The second-order valence-corrected chi connectivity index (χ2v) is 5.52. The Bertz CT molecular complexity index is 473. The number of benzene rings is 1. The zero-order valence-electron chi connectivity index (χ0n) is 11.8. The third kappa shape index (κ3) is 3.50. The SMILES string of the molecule is COc1ccc(CC2CCCCCC2C(=O)O)cc1F. The Morgan fingerprint density at radius 2 is 2.10 bits per heavy atom. The van der Waals surface area contributed by atoms with Gasteiger partial charge >= 0.3 is 5.97 Å². The Morgan fingerprint density at radius 3 is 2.75 bits per heavy atom. The molecule has 1 aliphatic carbocycles. The van der Waals surface area contributed by atoms with Crippen LogP contribution in [0.2, 0.25) is 0 Å². The van der Waals surface area contributed by atoms with Crippen LogP contribution in [-0.2, 0) is 11.2 Å². The number of hydrogen-bond acceptors (Lipinski definition) is 2. The quantitative estimate of drug-likeness (QED) is 0.856. The van der Waals surface area contributed by atoms with Gasteiger partial charge in [-0.3, -0.25) is 4.79 Å². The number of carbonyl (C=O) groups is 1. The van der Waals surface area contributed by atoms with Crippen molar-refractivity contribution in [3.8, 4) is 5.75 Å². The Morgan fingerprint density at radius 1 is 1.35 bits per heavy atom. The van der Waals surface area contributed by atoms with Gasteiger partial charge in [-0.2, -0.15) is 0 Å². The lowest BCUT2D eigenvalue weighted by molar-refractivity contribution is -0.143. The maximum atomic E-state index is 13.7. The average Bonchev–Trinajstić information content (AvgIpc) is 2.64. The number of rotatable bonds is 4. The van der Waals surface area contributed by atoms with Gasteiger partial charge in [-0.25, -0.2) is 4.39 Å². The largest absolute Gasteiger partial charge is 0.494 e. The molecule has 110 valence electrons. The van der Waals surface area contributed by atoms with E-state index in [0.29, 0.717) is 6.42 Å². The molecule has 2 atom stereocenters. The van der Waals surface area contributed by atoms with E-state index in [1.807, 2.05) is 6.07 Å². The summed E-state index contributed by atoms with van der Waals surface area (Å²) in [5, 5.41) is 9.35. The normalized spacial score (nSPS) is 23.1. The second-order valence-electron chi connectivity index (χ2n) is 5.52. The summed E-state index contributed by atoms with van der Waals surface area (Å²) in [5.41, 5.74) is 0.849. The molecule has 3 nitrogen and oxygen atoms in total. The first-order valence-corrected chi connectivity index (χ1v) is 7.17. The Labute approximate surface area is 118 Å². The van der Waals surface area contributed by atoms with E-state index in [0.717, 1.165) is 37.7 Å². The van der Waals surface area contributed by atoms with Crippen molar-refractivity contribution in [2.45, 2.75) is 38.5 Å². The number of carboxylic acid groups (broad SMARTS) is 1. The fourth-order valence-electron chi connectivity index (χ4n) is 3.09. The summed E-state index contributed by atoms with van der Waals surface area (Å²) in [6.45, 7) is 0. The lowest BCUT2D eigenvalue weighted by Crippen LogP contribution is -2.24. The zero-order chi connectivity index (χ0) is 14.5. The van der Waals surface area contributed by atoms with E-state index in [1.54, 1.807) is 6.07 Å². The van der Waals surface area contributed by atoms with Gasteiger partial charge in [0.05, 0.1) is 13.0 Å². The predicted octanol–water partition coefficient (Wildman–Crippen LogP) is 3.66. The van der Waals surface area contributed by atoms with Crippen LogP contribution in [0.5, 0.6) is 5.75 Å². The molecule has 2 unspecified atom stereocenters. The third-order valence-electron chi connectivity index (χ3n) is 4.19. The first-order valence-electron chi connectivity index (χ1n) is 7.17. The molecule has 0 bridgehead atoms. The van der Waals surface area contributed by atoms with E-state index in [1.165, 1.54) is 13.2 Å². The van der Waals surface area contributed by atoms with E-state index in [9.17, 15) is 14.3 Å². The Balaban J connectivity index is 2.13. The molecule has 0 spiro atoms. The first-order chi connectivity index (χ1) is 9.61. The van der Waals surface area contributed by atoms with Crippen molar-refractivity contribution >= 4 is 5.97 Å². The van der Waals surface area contributed by atoms with Crippen molar-refractivity contribution < 1.29 is 19.0 Å². The van der Waals surface area contributed by atoms with Crippen LogP contribution in [0.4, 0.5) is 4.39 Å². The van der Waals surface area contributed by atoms with E-state index in [2.05, 4.69) is 0 Å². The molecule has 1 aromatic carbocycles. The van der Waals surface area contributed by atoms with Crippen molar-refractivity contribution in [2.75, 3.05) is 7.11 Å². The van der Waals surface area contributed by atoms with Crippen molar-refractivity contribution in [3.63, 3.8) is 0 Å². The van der Waals surface area contributed by atoms with Crippen molar-refractivity contribution in [1.82, 2.24) is 0 Å². The molecule has 1 N–H and O–H groups in total. The molecule has 0 radical (unpaired) electrons. The third-order valence-corrected chi connectivity index (χ3v) is 4.19. The van der Waals surface area contributed by atoms with Gasteiger partial charge in [0.25, 0.3) is 0 Å². The molecule has 2 rings (SSSR count). The maximum Gasteiger partial charge on any atom is 0.306 e. The van der Waals surface area contributed by atoms with E-state index < -0.39 is 5.97 Å². The number of halogens is 1. The molecule has 0 aromatic heterocycles. The van der Waals surface area contributed by atoms with Crippen LogP contribution in [0.1, 0.15) is 37.7 Å². The molecular weight excluding hydrogens is 259 g/mol. The van der Waals surface area contributed by atoms with E-state index in [4.69, 9.17) is 4.74 Å². The van der Waals surface area contributed by atoms with Crippen LogP contribution < -0.4 is 4.74 Å². The minimum Gasteiger partial charge on any atom is -0.494 e. The minimum absolute atomic E-state index is 0.0998. The predicted molar refractivity (Wildman–Crippen MR) is 74.4 cm³/mol. The minimum atomic E-state index is -0.717. The summed E-state index contributed by atoms with van der Waals surface area (Å²) in [4.78, 5) is 11.4. The standard InChI is InChI=1S/C16H21FO3/c1-20-15-8-7-11(10-14(15)17)9-12-5-3-2-4-6-13(12)16(18)19/h7-8,10,12-13H,2-6,9H2,1H3,(H,18,19). The molecule has 20 heavy (non-hydrogen) atoms. The summed E-state index contributed by atoms with van der Waals surface area (Å²) < 4.78 is 18.6. The number of aliphatic carboxylic acids is 1. The summed E-state index contributed by atoms with van der Waals surface area (Å²) in [5.74, 6) is -1.08. The van der Waals surface area contributed by atoms with Gasteiger partial charge in [-0.05, 0) is 42.9 Å². The lowest BCUT2D eigenvalue weighted by Gasteiger charge is -2.21. The zero-order valence-corrected chi connectivity index (χ0v) is 11.8. The molecule has 1 saturated carbocycles. The molecular formula is C16H21FO3. The van der Waals surface area contributed by atoms with Crippen molar-refractivity contribution in [3.05, 3.63) is 29.6 Å². The van der Waals surface area contributed by atoms with Crippen molar-refractivity contribution in [2.24, 2.45) is 11.8 Å². The molecule has 0 aliphatic heterocycles. The highest BCUT2D eigenvalue weighted by Gasteiger charge is 2.29. The molecule has 1 aliphatic rings. The van der Waals surface area contributed by atoms with Crippen molar-refractivity contribution in [1.29, 1.82) is 0 Å². The Kier molecular flexibility index (Phi) is 4.99. The van der Waals surface area contributed by atoms with Crippen LogP contribution in [0.3, 0.4) is 0 Å². The second kappa shape index (κ2) is 6.73. The lowest BCUT2D eigenvalue weighted by atomic mass is 9.83. The first kappa shape index (κ1) is 14.8. The topological polar surface area (TPSA) is 46.5 Å². The smallest absolute Gasteiger partial charge is 0.306 e. The number of hydrogen-bond donors (Lipinski definition) is 1. The summed E-state index contributed by atoms with van der Waals surface area (Å²) in [6.07, 6.45) is 5.40. The average molecular weight is 280 g/mol. The molecule has 0 saturated heterocycles. The van der Waals surface area contributed by atoms with Crippen LogP contribution in [0.25, 0.3) is 0 Å². The summed E-state index contributed by atoms with van der Waals surface area (Å²) in [6, 6.07) is 4.89. The van der Waals surface area contributed by atoms with E-state index >= 15 is 0 Å². The molecule has 1 aromatic rings. The molecule has 0 amide bonds. The van der Waals surface area contributed by atoms with Crippen LogP contribution in [-0.4, -0.2) is 18.2 Å². The molecule has 1 fully saturated rings. The fraction of sp³-hybridized carbons (Fsp3) is 0.562. The monoisotopic (exact) mass is 280 g/mol. The van der Waals surface area contributed by atoms with Gasteiger partial charge in [0.1, 0.15) is 0 Å². The van der Waals surface area contributed by atoms with Gasteiger partial charge in [-0.15, -0.1) is 0 Å².